The maximum atomic E-state index is 12.0. The Kier molecular flexibility index (Phi) is 4.14. The lowest BCUT2D eigenvalue weighted by Crippen LogP contribution is -2.30. The molecule has 1 aromatic carbocycles. The number of aliphatic carboxylic acids is 1. The monoisotopic (exact) mass is 273 g/mol. The summed E-state index contributed by atoms with van der Waals surface area (Å²) in [5.41, 5.74) is 1.76. The number of carboxylic acids is 1. The van der Waals surface area contributed by atoms with Gasteiger partial charge in [0, 0.05) is 5.69 Å². The van der Waals surface area contributed by atoms with Crippen molar-refractivity contribution < 1.29 is 14.7 Å². The highest BCUT2D eigenvalue weighted by Gasteiger charge is 2.19. The molecule has 1 amide bonds. The summed E-state index contributed by atoms with van der Waals surface area (Å²) < 4.78 is 0. The van der Waals surface area contributed by atoms with E-state index < -0.39 is 17.9 Å². The minimum atomic E-state index is -0.975. The molecular formula is C14H15N3O3. The van der Waals surface area contributed by atoms with E-state index in [4.69, 9.17) is 5.11 Å². The van der Waals surface area contributed by atoms with Gasteiger partial charge >= 0.3 is 5.97 Å². The fourth-order valence-corrected chi connectivity index (χ4v) is 1.88. The summed E-state index contributed by atoms with van der Waals surface area (Å²) in [7, 11) is 0. The number of benzene rings is 1. The number of nitrogens with zero attached hydrogens (tertiary/aromatic N) is 1. The Hall–Kier alpha value is -2.63. The second-order valence-electron chi connectivity index (χ2n) is 4.47. The van der Waals surface area contributed by atoms with Crippen LogP contribution in [-0.2, 0) is 4.79 Å². The van der Waals surface area contributed by atoms with Gasteiger partial charge in [0.25, 0.3) is 5.91 Å². The third-order valence-corrected chi connectivity index (χ3v) is 2.82. The molecule has 1 atom stereocenters. The number of carboxylic acid groups (broad SMARTS) is 1. The fourth-order valence-electron chi connectivity index (χ4n) is 1.88. The molecule has 20 heavy (non-hydrogen) atoms. The van der Waals surface area contributed by atoms with Crippen molar-refractivity contribution in [2.45, 2.75) is 19.4 Å². The summed E-state index contributed by atoms with van der Waals surface area (Å²) in [5.74, 6) is -1.37. The molecule has 1 unspecified atom stereocenters. The van der Waals surface area contributed by atoms with Crippen molar-refractivity contribution in [2.24, 2.45) is 0 Å². The van der Waals surface area contributed by atoms with Gasteiger partial charge in [-0.2, -0.15) is 5.10 Å². The molecule has 1 heterocycles. The Balaban J connectivity index is 2.16. The number of carbonyl (C=O) groups is 2. The number of aromatic nitrogens is 2. The SMILES string of the molecule is Cc1cc(C(=O)NC(CC(=O)O)c2ccccc2)n[nH]1. The van der Waals surface area contributed by atoms with E-state index in [2.05, 4.69) is 15.5 Å². The molecule has 6 nitrogen and oxygen atoms in total. The first-order chi connectivity index (χ1) is 9.56. The van der Waals surface area contributed by atoms with E-state index in [1.807, 2.05) is 6.07 Å². The Morgan fingerprint density at radius 1 is 1.35 bits per heavy atom. The number of aryl methyl sites for hydroxylation is 1. The first-order valence-electron chi connectivity index (χ1n) is 6.16. The van der Waals surface area contributed by atoms with E-state index in [1.165, 1.54) is 0 Å². The Morgan fingerprint density at radius 3 is 2.60 bits per heavy atom. The molecule has 0 aliphatic carbocycles. The molecule has 6 heteroatoms. The summed E-state index contributed by atoms with van der Waals surface area (Å²) in [6, 6.07) is 10.0. The topological polar surface area (TPSA) is 95.1 Å². The Morgan fingerprint density at radius 2 is 2.05 bits per heavy atom. The van der Waals surface area contributed by atoms with E-state index in [0.717, 1.165) is 11.3 Å². The van der Waals surface area contributed by atoms with Crippen LogP contribution in [0.5, 0.6) is 0 Å². The standard InChI is InChI=1S/C14H15N3O3/c1-9-7-12(17-16-9)14(20)15-11(8-13(18)19)10-5-3-2-4-6-10/h2-7,11H,8H2,1H3,(H,15,20)(H,16,17)(H,18,19). The quantitative estimate of drug-likeness (QED) is 0.772. The highest BCUT2D eigenvalue weighted by atomic mass is 16.4. The van der Waals surface area contributed by atoms with Crippen LogP contribution in [0.15, 0.2) is 36.4 Å². The van der Waals surface area contributed by atoms with Crippen molar-refractivity contribution in [3.05, 3.63) is 53.3 Å². The van der Waals surface area contributed by atoms with Gasteiger partial charge in [-0.15, -0.1) is 0 Å². The zero-order valence-electron chi connectivity index (χ0n) is 11.0. The van der Waals surface area contributed by atoms with Crippen LogP contribution in [0.3, 0.4) is 0 Å². The Labute approximate surface area is 115 Å². The average molecular weight is 273 g/mol. The van der Waals surface area contributed by atoms with Crippen LogP contribution in [0.25, 0.3) is 0 Å². The maximum Gasteiger partial charge on any atom is 0.305 e. The van der Waals surface area contributed by atoms with Crippen LogP contribution in [0.4, 0.5) is 0 Å². The van der Waals surface area contributed by atoms with Gasteiger partial charge < -0.3 is 10.4 Å². The predicted octanol–water partition coefficient (Wildman–Crippen LogP) is 1.66. The van der Waals surface area contributed by atoms with Gasteiger partial charge in [0.05, 0.1) is 12.5 Å². The third-order valence-electron chi connectivity index (χ3n) is 2.82. The normalized spacial score (nSPS) is 11.8. The first kappa shape index (κ1) is 13.8. The van der Waals surface area contributed by atoms with Crippen LogP contribution in [-0.4, -0.2) is 27.2 Å². The zero-order chi connectivity index (χ0) is 14.5. The molecule has 0 saturated heterocycles. The summed E-state index contributed by atoms with van der Waals surface area (Å²) in [6.45, 7) is 1.79. The number of hydrogen-bond acceptors (Lipinski definition) is 3. The average Bonchev–Trinajstić information content (AvgIpc) is 2.85. The van der Waals surface area contributed by atoms with Gasteiger partial charge in [0.15, 0.2) is 0 Å². The molecule has 104 valence electrons. The summed E-state index contributed by atoms with van der Waals surface area (Å²) in [4.78, 5) is 23.0. The van der Waals surface area contributed by atoms with Crippen molar-refractivity contribution in [2.75, 3.05) is 0 Å². The number of aromatic amines is 1. The lowest BCUT2D eigenvalue weighted by molar-refractivity contribution is -0.137. The summed E-state index contributed by atoms with van der Waals surface area (Å²) in [5, 5.41) is 18.2. The molecule has 0 fully saturated rings. The molecular weight excluding hydrogens is 258 g/mol. The molecule has 0 aliphatic heterocycles. The van der Waals surface area contributed by atoms with Crippen molar-refractivity contribution in [3.8, 4) is 0 Å². The molecule has 2 rings (SSSR count). The smallest absolute Gasteiger partial charge is 0.305 e. The predicted molar refractivity (Wildman–Crippen MR) is 72.2 cm³/mol. The highest BCUT2D eigenvalue weighted by Crippen LogP contribution is 2.17. The van der Waals surface area contributed by atoms with Gasteiger partial charge in [0.1, 0.15) is 5.69 Å². The van der Waals surface area contributed by atoms with Crippen LogP contribution in [0.2, 0.25) is 0 Å². The molecule has 2 aromatic rings. The van der Waals surface area contributed by atoms with Gasteiger partial charge in [-0.3, -0.25) is 14.7 Å². The number of hydrogen-bond donors (Lipinski definition) is 3. The minimum Gasteiger partial charge on any atom is -0.481 e. The second kappa shape index (κ2) is 6.01. The Bertz CT molecular complexity index is 607. The molecule has 0 aliphatic rings. The van der Waals surface area contributed by atoms with Gasteiger partial charge in [-0.1, -0.05) is 30.3 Å². The number of rotatable bonds is 5. The highest BCUT2D eigenvalue weighted by molar-refractivity contribution is 5.92. The van der Waals surface area contributed by atoms with Crippen LogP contribution in [0, 0.1) is 6.92 Å². The molecule has 0 spiro atoms. The van der Waals surface area contributed by atoms with E-state index in [-0.39, 0.29) is 12.1 Å². The lowest BCUT2D eigenvalue weighted by Gasteiger charge is -2.16. The zero-order valence-corrected chi connectivity index (χ0v) is 11.0. The van der Waals surface area contributed by atoms with Crippen molar-refractivity contribution >= 4 is 11.9 Å². The van der Waals surface area contributed by atoms with Crippen LogP contribution >= 0.6 is 0 Å². The first-order valence-corrected chi connectivity index (χ1v) is 6.16. The summed E-state index contributed by atoms with van der Waals surface area (Å²) >= 11 is 0. The number of carbonyl (C=O) groups excluding carboxylic acids is 1. The largest absolute Gasteiger partial charge is 0.481 e. The van der Waals surface area contributed by atoms with Gasteiger partial charge in [-0.25, -0.2) is 0 Å². The van der Waals surface area contributed by atoms with Crippen LogP contribution in [0.1, 0.15) is 34.2 Å². The number of nitrogens with one attached hydrogen (secondary N) is 2. The number of H-pyrrole nitrogens is 1. The molecule has 0 saturated carbocycles. The van der Waals surface area contributed by atoms with Crippen molar-refractivity contribution in [1.29, 1.82) is 0 Å². The van der Waals surface area contributed by atoms with E-state index in [0.29, 0.717) is 0 Å². The maximum absolute atomic E-state index is 12.0. The second-order valence-corrected chi connectivity index (χ2v) is 4.47. The van der Waals surface area contributed by atoms with E-state index >= 15 is 0 Å². The summed E-state index contributed by atoms with van der Waals surface area (Å²) in [6.07, 6.45) is -0.181. The molecule has 0 radical (unpaired) electrons. The lowest BCUT2D eigenvalue weighted by atomic mass is 10.0. The van der Waals surface area contributed by atoms with E-state index in [1.54, 1.807) is 37.3 Å². The minimum absolute atomic E-state index is 0.181. The van der Waals surface area contributed by atoms with Gasteiger partial charge in [-0.05, 0) is 18.6 Å². The fraction of sp³-hybridized carbons (Fsp3) is 0.214. The van der Waals surface area contributed by atoms with Crippen molar-refractivity contribution in [3.63, 3.8) is 0 Å². The van der Waals surface area contributed by atoms with E-state index in [9.17, 15) is 9.59 Å². The molecule has 0 bridgehead atoms. The molecule has 1 aromatic heterocycles. The molecule has 3 N–H and O–H groups in total. The third kappa shape index (κ3) is 3.44. The number of amides is 1. The van der Waals surface area contributed by atoms with Crippen LogP contribution < -0.4 is 5.32 Å². The van der Waals surface area contributed by atoms with Crippen molar-refractivity contribution in [1.82, 2.24) is 15.5 Å². The van der Waals surface area contributed by atoms with Gasteiger partial charge in [0.2, 0.25) is 0 Å².